The van der Waals surface area contributed by atoms with Crippen LogP contribution in [0.15, 0.2) is 170 Å². The van der Waals surface area contributed by atoms with Crippen LogP contribution in [0.4, 0.5) is 0 Å². The molecule has 0 saturated heterocycles. The van der Waals surface area contributed by atoms with E-state index < -0.39 is 0 Å². The third-order valence-corrected chi connectivity index (χ3v) is 8.77. The van der Waals surface area contributed by atoms with E-state index in [1.54, 1.807) is 6.20 Å². The van der Waals surface area contributed by atoms with E-state index in [1.807, 2.05) is 84.9 Å². The molecule has 0 atom stereocenters. The van der Waals surface area contributed by atoms with Crippen LogP contribution >= 0.6 is 0 Å². The zero-order valence-electron chi connectivity index (χ0n) is 26.8. The van der Waals surface area contributed by atoms with Gasteiger partial charge in [-0.25, -0.2) is 24.9 Å². The van der Waals surface area contributed by atoms with E-state index >= 15 is 0 Å². The SMILES string of the molecule is c1ccc(-c2ccc3ccc4c(-c5ccccc5)cc(-c5cccc(-c6nc(-c7ccccc7)nc(-c7ccccn7)n6)c5)nc4c3n2)cc1. The summed E-state index contributed by atoms with van der Waals surface area (Å²) in [6, 6.07) is 55.3. The fourth-order valence-electron chi connectivity index (χ4n) is 6.29. The van der Waals surface area contributed by atoms with Gasteiger partial charge in [0.25, 0.3) is 0 Å². The standard InChI is InChI=1S/C44H28N6/c1-4-13-29(14-5-1)36-28-39(47-41-35(36)24-22-31-23-25-37(46-40(31)41)30-15-6-2-7-16-30)33-19-12-20-34(27-33)43-48-42(32-17-8-3-9-18-32)49-44(50-43)38-21-10-11-26-45-38/h1-28H. The van der Waals surface area contributed by atoms with Gasteiger partial charge in [0.2, 0.25) is 0 Å². The van der Waals surface area contributed by atoms with Crippen LogP contribution in [0, 0.1) is 0 Å². The summed E-state index contributed by atoms with van der Waals surface area (Å²) >= 11 is 0. The lowest BCUT2D eigenvalue weighted by Crippen LogP contribution is -2.01. The number of benzene rings is 5. The Hall–Kier alpha value is -6.92. The monoisotopic (exact) mass is 640 g/mol. The molecular weight excluding hydrogens is 613 g/mol. The van der Waals surface area contributed by atoms with Gasteiger partial charge in [-0.2, -0.15) is 0 Å². The predicted molar refractivity (Wildman–Crippen MR) is 201 cm³/mol. The van der Waals surface area contributed by atoms with Crippen LogP contribution in [0.3, 0.4) is 0 Å². The number of pyridine rings is 3. The van der Waals surface area contributed by atoms with Crippen molar-refractivity contribution in [1.82, 2.24) is 29.9 Å². The topological polar surface area (TPSA) is 77.3 Å². The smallest absolute Gasteiger partial charge is 0.182 e. The summed E-state index contributed by atoms with van der Waals surface area (Å²) in [5, 5.41) is 2.08. The number of fused-ring (bicyclic) bond motifs is 3. The Balaban J connectivity index is 1.24. The van der Waals surface area contributed by atoms with Crippen molar-refractivity contribution < 1.29 is 0 Å². The van der Waals surface area contributed by atoms with Crippen molar-refractivity contribution in [3.8, 4) is 67.9 Å². The Morgan fingerprint density at radius 2 is 0.920 bits per heavy atom. The van der Waals surface area contributed by atoms with E-state index in [4.69, 9.17) is 24.9 Å². The van der Waals surface area contributed by atoms with Crippen molar-refractivity contribution in [3.05, 3.63) is 170 Å². The Morgan fingerprint density at radius 3 is 1.66 bits per heavy atom. The molecule has 4 aromatic heterocycles. The van der Waals surface area contributed by atoms with Gasteiger partial charge in [-0.15, -0.1) is 0 Å². The highest BCUT2D eigenvalue weighted by Gasteiger charge is 2.17. The lowest BCUT2D eigenvalue weighted by molar-refractivity contribution is 1.06. The summed E-state index contributed by atoms with van der Waals surface area (Å²) < 4.78 is 0. The highest BCUT2D eigenvalue weighted by atomic mass is 15.0. The van der Waals surface area contributed by atoms with E-state index in [0.29, 0.717) is 23.2 Å². The largest absolute Gasteiger partial charge is 0.253 e. The first-order valence-corrected chi connectivity index (χ1v) is 16.5. The average molecular weight is 641 g/mol. The first kappa shape index (κ1) is 29.2. The molecular formula is C44H28N6. The van der Waals surface area contributed by atoms with Gasteiger partial charge >= 0.3 is 0 Å². The maximum Gasteiger partial charge on any atom is 0.182 e. The lowest BCUT2D eigenvalue weighted by Gasteiger charge is -2.13. The molecule has 5 aromatic carbocycles. The molecule has 0 saturated carbocycles. The third-order valence-electron chi connectivity index (χ3n) is 8.77. The second-order valence-corrected chi connectivity index (χ2v) is 12.0. The molecule has 0 bridgehead atoms. The molecule has 9 rings (SSSR count). The Bertz CT molecular complexity index is 2570. The third kappa shape index (κ3) is 5.55. The van der Waals surface area contributed by atoms with Gasteiger partial charge < -0.3 is 0 Å². The van der Waals surface area contributed by atoms with Crippen LogP contribution in [0.25, 0.3) is 89.7 Å². The maximum atomic E-state index is 5.33. The summed E-state index contributed by atoms with van der Waals surface area (Å²) in [7, 11) is 0. The fraction of sp³-hybridized carbons (Fsp3) is 0. The van der Waals surface area contributed by atoms with Gasteiger partial charge in [0, 0.05) is 39.2 Å². The molecule has 234 valence electrons. The molecule has 0 spiro atoms. The molecule has 0 unspecified atom stereocenters. The normalized spacial score (nSPS) is 11.2. The molecule has 4 heterocycles. The summed E-state index contributed by atoms with van der Waals surface area (Å²) in [6.07, 6.45) is 1.75. The number of hydrogen-bond acceptors (Lipinski definition) is 6. The quantitative estimate of drug-likeness (QED) is 0.168. The number of aromatic nitrogens is 6. The van der Waals surface area contributed by atoms with E-state index in [-0.39, 0.29) is 0 Å². The van der Waals surface area contributed by atoms with Gasteiger partial charge in [-0.1, -0.05) is 133 Å². The van der Waals surface area contributed by atoms with Crippen molar-refractivity contribution in [1.29, 1.82) is 0 Å². The van der Waals surface area contributed by atoms with Gasteiger partial charge in [-0.3, -0.25) is 4.98 Å². The molecule has 0 aliphatic carbocycles. The second-order valence-electron chi connectivity index (χ2n) is 12.0. The minimum atomic E-state index is 0.516. The molecule has 0 aliphatic heterocycles. The Kier molecular flexibility index (Phi) is 7.37. The van der Waals surface area contributed by atoms with E-state index in [2.05, 4.69) is 83.8 Å². The van der Waals surface area contributed by atoms with Crippen LogP contribution in [-0.4, -0.2) is 29.9 Å². The van der Waals surface area contributed by atoms with Crippen molar-refractivity contribution >= 4 is 21.8 Å². The van der Waals surface area contributed by atoms with Crippen molar-refractivity contribution in [2.45, 2.75) is 0 Å². The van der Waals surface area contributed by atoms with E-state index in [1.165, 1.54) is 0 Å². The minimum absolute atomic E-state index is 0.516. The molecule has 0 N–H and O–H groups in total. The maximum absolute atomic E-state index is 5.33. The highest BCUT2D eigenvalue weighted by molar-refractivity contribution is 6.09. The van der Waals surface area contributed by atoms with E-state index in [9.17, 15) is 0 Å². The van der Waals surface area contributed by atoms with Crippen molar-refractivity contribution in [2.24, 2.45) is 0 Å². The van der Waals surface area contributed by atoms with Gasteiger partial charge in [0.15, 0.2) is 17.5 Å². The van der Waals surface area contributed by atoms with Gasteiger partial charge in [0.1, 0.15) is 5.69 Å². The van der Waals surface area contributed by atoms with Gasteiger partial charge in [0.05, 0.1) is 22.4 Å². The van der Waals surface area contributed by atoms with Crippen LogP contribution in [0.5, 0.6) is 0 Å². The van der Waals surface area contributed by atoms with Crippen molar-refractivity contribution in [2.75, 3.05) is 0 Å². The first-order chi connectivity index (χ1) is 24.8. The number of hydrogen-bond donors (Lipinski definition) is 0. The molecule has 9 aromatic rings. The number of nitrogens with zero attached hydrogens (tertiary/aromatic N) is 6. The zero-order chi connectivity index (χ0) is 33.3. The molecule has 0 fully saturated rings. The molecule has 6 heteroatoms. The highest BCUT2D eigenvalue weighted by Crippen LogP contribution is 2.36. The van der Waals surface area contributed by atoms with Crippen LogP contribution < -0.4 is 0 Å². The average Bonchev–Trinajstić information content (AvgIpc) is 3.21. The van der Waals surface area contributed by atoms with E-state index in [0.717, 1.165) is 66.6 Å². The summed E-state index contributed by atoms with van der Waals surface area (Å²) in [5.41, 5.74) is 10.1. The number of rotatable bonds is 6. The predicted octanol–water partition coefficient (Wildman–Crippen LogP) is 10.4. The zero-order valence-corrected chi connectivity index (χ0v) is 26.8. The summed E-state index contributed by atoms with van der Waals surface area (Å²) in [5.74, 6) is 1.66. The first-order valence-electron chi connectivity index (χ1n) is 16.5. The fourth-order valence-corrected chi connectivity index (χ4v) is 6.29. The molecule has 0 aliphatic rings. The van der Waals surface area contributed by atoms with Crippen LogP contribution in [-0.2, 0) is 0 Å². The van der Waals surface area contributed by atoms with Crippen LogP contribution in [0.2, 0.25) is 0 Å². The lowest BCUT2D eigenvalue weighted by atomic mass is 9.96. The molecule has 0 amide bonds. The Labute approximate surface area is 288 Å². The van der Waals surface area contributed by atoms with Crippen LogP contribution in [0.1, 0.15) is 0 Å². The minimum Gasteiger partial charge on any atom is -0.253 e. The second kappa shape index (κ2) is 12.6. The summed E-state index contributed by atoms with van der Waals surface area (Å²) in [6.45, 7) is 0. The molecule has 0 radical (unpaired) electrons. The Morgan fingerprint density at radius 1 is 0.320 bits per heavy atom. The molecule has 50 heavy (non-hydrogen) atoms. The van der Waals surface area contributed by atoms with Crippen molar-refractivity contribution in [3.63, 3.8) is 0 Å². The summed E-state index contributed by atoms with van der Waals surface area (Å²) in [4.78, 5) is 29.7. The van der Waals surface area contributed by atoms with Gasteiger partial charge in [-0.05, 0) is 41.5 Å². The molecule has 6 nitrogen and oxygen atoms in total.